The first-order valence-electron chi connectivity index (χ1n) is 4.46. The van der Waals surface area contributed by atoms with Crippen molar-refractivity contribution < 1.29 is 5.11 Å². The Bertz CT molecular complexity index is 294. The van der Waals surface area contributed by atoms with Gasteiger partial charge in [0.25, 0.3) is 0 Å². The Hall–Kier alpha value is -0.730. The lowest BCUT2D eigenvalue weighted by Gasteiger charge is -2.27. The first-order chi connectivity index (χ1) is 5.93. The number of para-hydroxylation sites is 1. The second kappa shape index (κ2) is 4.67. The molecule has 0 aromatic heterocycles. The van der Waals surface area contributed by atoms with Crippen LogP contribution in [0.25, 0.3) is 0 Å². The number of aromatic hydroxyl groups is 1. The molecule has 0 aliphatic carbocycles. The van der Waals surface area contributed by atoms with Crippen LogP contribution in [0.1, 0.15) is 32.4 Å². The predicted molar refractivity (Wildman–Crippen MR) is 61.7 cm³/mol. The summed E-state index contributed by atoms with van der Waals surface area (Å²) in [5.74, 6) is 0.282. The van der Waals surface area contributed by atoms with Crippen LogP contribution in [0.2, 0.25) is 0 Å². The molecule has 1 aromatic rings. The van der Waals surface area contributed by atoms with Gasteiger partial charge in [0.2, 0.25) is 0 Å². The molecule has 0 radical (unpaired) electrons. The number of hydrogen-bond donors (Lipinski definition) is 2. The van der Waals surface area contributed by atoms with Crippen molar-refractivity contribution in [2.45, 2.75) is 26.8 Å². The van der Waals surface area contributed by atoms with Gasteiger partial charge in [-0.05, 0) is 11.5 Å². The molecule has 0 saturated heterocycles. The van der Waals surface area contributed by atoms with Crippen molar-refractivity contribution in [2.75, 3.05) is 0 Å². The molecule has 0 bridgehead atoms. The standard InChI is InChI=1S/C11H17NO.ClH/c1-11(2,3)10(12)8-6-4-5-7-9(8)13;/h4-7,10,13H,12H2,1-3H3;1H/t10-;/m0./s1. The van der Waals surface area contributed by atoms with Crippen LogP contribution in [0.3, 0.4) is 0 Å². The molecule has 0 spiro atoms. The molecule has 2 nitrogen and oxygen atoms in total. The number of rotatable bonds is 1. The van der Waals surface area contributed by atoms with E-state index in [9.17, 15) is 5.11 Å². The van der Waals surface area contributed by atoms with E-state index in [4.69, 9.17) is 5.73 Å². The summed E-state index contributed by atoms with van der Waals surface area (Å²) < 4.78 is 0. The summed E-state index contributed by atoms with van der Waals surface area (Å²) in [7, 11) is 0. The average Bonchev–Trinajstić information content (AvgIpc) is 2.02. The fourth-order valence-electron chi connectivity index (χ4n) is 1.22. The summed E-state index contributed by atoms with van der Waals surface area (Å²) in [5, 5.41) is 9.56. The highest BCUT2D eigenvalue weighted by atomic mass is 35.5. The van der Waals surface area contributed by atoms with Crippen LogP contribution < -0.4 is 5.73 Å². The van der Waals surface area contributed by atoms with Gasteiger partial charge in [-0.3, -0.25) is 0 Å². The minimum Gasteiger partial charge on any atom is -0.508 e. The van der Waals surface area contributed by atoms with E-state index in [0.717, 1.165) is 5.56 Å². The smallest absolute Gasteiger partial charge is 0.120 e. The summed E-state index contributed by atoms with van der Waals surface area (Å²) in [4.78, 5) is 0. The minimum absolute atomic E-state index is 0. The lowest BCUT2D eigenvalue weighted by molar-refractivity contribution is 0.317. The molecule has 0 aliphatic heterocycles. The topological polar surface area (TPSA) is 46.2 Å². The van der Waals surface area contributed by atoms with Gasteiger partial charge in [0.05, 0.1) is 0 Å². The molecule has 1 aromatic carbocycles. The Kier molecular flexibility index (Phi) is 4.43. The molecule has 0 aliphatic rings. The van der Waals surface area contributed by atoms with Gasteiger partial charge in [-0.2, -0.15) is 0 Å². The molecule has 14 heavy (non-hydrogen) atoms. The monoisotopic (exact) mass is 215 g/mol. The number of phenolic OH excluding ortho intramolecular Hbond substituents is 1. The highest BCUT2D eigenvalue weighted by Crippen LogP contribution is 2.34. The molecule has 3 heteroatoms. The zero-order valence-electron chi connectivity index (χ0n) is 8.82. The van der Waals surface area contributed by atoms with Crippen LogP contribution >= 0.6 is 12.4 Å². The van der Waals surface area contributed by atoms with Crippen LogP contribution in [-0.4, -0.2) is 5.11 Å². The van der Waals surface area contributed by atoms with E-state index in [-0.39, 0.29) is 29.6 Å². The molecule has 3 N–H and O–H groups in total. The number of phenols is 1. The normalized spacial score (nSPS) is 13.1. The summed E-state index contributed by atoms with van der Waals surface area (Å²) in [6.45, 7) is 6.18. The molecular weight excluding hydrogens is 198 g/mol. The third-order valence-electron chi connectivity index (χ3n) is 2.20. The predicted octanol–water partition coefficient (Wildman–Crippen LogP) is 2.86. The van der Waals surface area contributed by atoms with Crippen molar-refractivity contribution in [3.05, 3.63) is 29.8 Å². The lowest BCUT2D eigenvalue weighted by Crippen LogP contribution is -2.26. The van der Waals surface area contributed by atoms with Crippen LogP contribution in [0, 0.1) is 5.41 Å². The van der Waals surface area contributed by atoms with Gasteiger partial charge in [0.15, 0.2) is 0 Å². The van der Waals surface area contributed by atoms with Crippen molar-refractivity contribution in [2.24, 2.45) is 11.1 Å². The highest BCUT2D eigenvalue weighted by Gasteiger charge is 2.23. The largest absolute Gasteiger partial charge is 0.508 e. The molecule has 0 saturated carbocycles. The summed E-state index contributed by atoms with van der Waals surface area (Å²) in [6, 6.07) is 7.09. The van der Waals surface area contributed by atoms with E-state index >= 15 is 0 Å². The maximum atomic E-state index is 9.56. The molecule has 80 valence electrons. The zero-order chi connectivity index (χ0) is 10.1. The molecule has 0 amide bonds. The summed E-state index contributed by atoms with van der Waals surface area (Å²) in [5.41, 5.74) is 6.80. The van der Waals surface area contributed by atoms with E-state index in [0.29, 0.717) is 0 Å². The Labute approximate surface area is 91.5 Å². The fraction of sp³-hybridized carbons (Fsp3) is 0.455. The number of halogens is 1. The SMILES string of the molecule is CC(C)(C)[C@@H](N)c1ccccc1O.Cl. The average molecular weight is 216 g/mol. The van der Waals surface area contributed by atoms with Gasteiger partial charge in [-0.1, -0.05) is 39.0 Å². The molecule has 0 heterocycles. The van der Waals surface area contributed by atoms with Crippen molar-refractivity contribution in [3.63, 3.8) is 0 Å². The van der Waals surface area contributed by atoms with Crippen molar-refractivity contribution in [1.29, 1.82) is 0 Å². The van der Waals surface area contributed by atoms with Gasteiger partial charge >= 0.3 is 0 Å². The number of benzene rings is 1. The second-order valence-electron chi connectivity index (χ2n) is 4.40. The maximum absolute atomic E-state index is 9.56. The Balaban J connectivity index is 0.00000169. The van der Waals surface area contributed by atoms with Crippen LogP contribution in [-0.2, 0) is 0 Å². The van der Waals surface area contributed by atoms with Gasteiger partial charge in [0, 0.05) is 11.6 Å². The fourth-order valence-corrected chi connectivity index (χ4v) is 1.22. The highest BCUT2D eigenvalue weighted by molar-refractivity contribution is 5.85. The van der Waals surface area contributed by atoms with E-state index in [2.05, 4.69) is 20.8 Å². The van der Waals surface area contributed by atoms with Crippen molar-refractivity contribution >= 4 is 12.4 Å². The van der Waals surface area contributed by atoms with Crippen LogP contribution in [0.4, 0.5) is 0 Å². The Morgan fingerprint density at radius 1 is 1.21 bits per heavy atom. The number of nitrogens with two attached hydrogens (primary N) is 1. The third-order valence-corrected chi connectivity index (χ3v) is 2.20. The van der Waals surface area contributed by atoms with Crippen LogP contribution in [0.15, 0.2) is 24.3 Å². The zero-order valence-corrected chi connectivity index (χ0v) is 9.64. The lowest BCUT2D eigenvalue weighted by atomic mass is 9.83. The maximum Gasteiger partial charge on any atom is 0.120 e. The molecular formula is C11H18ClNO. The Morgan fingerprint density at radius 3 is 2.14 bits per heavy atom. The first kappa shape index (κ1) is 13.3. The van der Waals surface area contributed by atoms with E-state index in [1.807, 2.05) is 12.1 Å². The molecule has 1 atom stereocenters. The summed E-state index contributed by atoms with van der Waals surface area (Å²) >= 11 is 0. The van der Waals surface area contributed by atoms with E-state index < -0.39 is 0 Å². The van der Waals surface area contributed by atoms with Gasteiger partial charge in [-0.15, -0.1) is 12.4 Å². The molecule has 0 fully saturated rings. The van der Waals surface area contributed by atoms with Crippen LogP contribution in [0.5, 0.6) is 5.75 Å². The van der Waals surface area contributed by atoms with Gasteiger partial charge in [-0.25, -0.2) is 0 Å². The second-order valence-corrected chi connectivity index (χ2v) is 4.40. The minimum atomic E-state index is -0.131. The quantitative estimate of drug-likeness (QED) is 0.757. The van der Waals surface area contributed by atoms with Crippen molar-refractivity contribution in [1.82, 2.24) is 0 Å². The van der Waals surface area contributed by atoms with Gasteiger partial charge in [0.1, 0.15) is 5.75 Å². The third kappa shape index (κ3) is 2.89. The molecule has 1 rings (SSSR count). The van der Waals surface area contributed by atoms with E-state index in [1.54, 1.807) is 12.1 Å². The van der Waals surface area contributed by atoms with Crippen molar-refractivity contribution in [3.8, 4) is 5.75 Å². The van der Waals surface area contributed by atoms with E-state index in [1.165, 1.54) is 0 Å². The van der Waals surface area contributed by atoms with Gasteiger partial charge < -0.3 is 10.8 Å². The first-order valence-corrected chi connectivity index (χ1v) is 4.46. The number of hydrogen-bond acceptors (Lipinski definition) is 2. The Morgan fingerprint density at radius 2 is 1.71 bits per heavy atom. The molecule has 0 unspecified atom stereocenters. The summed E-state index contributed by atoms with van der Waals surface area (Å²) in [6.07, 6.45) is 0.